The maximum absolute atomic E-state index is 10.8. The first-order valence-corrected chi connectivity index (χ1v) is 8.72. The Morgan fingerprint density at radius 1 is 0.593 bits per heavy atom. The van der Waals surface area contributed by atoms with E-state index in [4.69, 9.17) is 19.3 Å². The number of aromatic hydroxyl groups is 1. The first-order chi connectivity index (χ1) is 13.2. The second kappa shape index (κ2) is 5.32. The highest BCUT2D eigenvalue weighted by Crippen LogP contribution is 2.59. The Balaban J connectivity index is 2.01. The van der Waals surface area contributed by atoms with Crippen molar-refractivity contribution in [2.45, 2.75) is 11.8 Å². The van der Waals surface area contributed by atoms with Crippen molar-refractivity contribution in [3.05, 3.63) is 98.6 Å². The van der Waals surface area contributed by atoms with E-state index in [1.54, 1.807) is 6.07 Å². The van der Waals surface area contributed by atoms with Gasteiger partial charge in [0.15, 0.2) is 0 Å². The third kappa shape index (κ3) is 1.77. The second-order valence-electron chi connectivity index (χ2n) is 6.88. The quantitative estimate of drug-likeness (QED) is 0.416. The number of rotatable bonds is 0. The van der Waals surface area contributed by atoms with Crippen molar-refractivity contribution < 1.29 is 5.11 Å². The highest BCUT2D eigenvalue weighted by Gasteiger charge is 2.45. The van der Waals surface area contributed by atoms with Gasteiger partial charge in [-0.3, -0.25) is 0 Å². The Hall–Kier alpha value is -3.86. The lowest BCUT2D eigenvalue weighted by molar-refractivity contribution is 0.462. The van der Waals surface area contributed by atoms with Gasteiger partial charge in [0.05, 0.1) is 0 Å². The Morgan fingerprint density at radius 3 is 1.63 bits per heavy atom. The summed E-state index contributed by atoms with van der Waals surface area (Å²) >= 11 is 0. The molecule has 27 heavy (non-hydrogen) atoms. The SMILES string of the molecule is C#Cc1cccc2c1C1c3c(C#C)cccc3C2c2c(C#C)ccc(O)c21. The monoisotopic (exact) mass is 342 g/mol. The Bertz CT molecular complexity index is 1210. The lowest BCUT2D eigenvalue weighted by Gasteiger charge is -2.43. The first kappa shape index (κ1) is 15.4. The minimum Gasteiger partial charge on any atom is -0.508 e. The van der Waals surface area contributed by atoms with Crippen LogP contribution < -0.4 is 0 Å². The minimum absolute atomic E-state index is 0.0882. The van der Waals surface area contributed by atoms with Crippen molar-refractivity contribution in [2.24, 2.45) is 0 Å². The molecule has 1 N–H and O–H groups in total. The molecular weight excluding hydrogens is 328 g/mol. The number of phenols is 1. The summed E-state index contributed by atoms with van der Waals surface area (Å²) in [6, 6.07) is 15.5. The van der Waals surface area contributed by atoms with Crippen LogP contribution in [0.25, 0.3) is 0 Å². The largest absolute Gasteiger partial charge is 0.508 e. The number of hydrogen-bond donors (Lipinski definition) is 1. The van der Waals surface area contributed by atoms with Crippen LogP contribution in [-0.2, 0) is 0 Å². The second-order valence-corrected chi connectivity index (χ2v) is 6.88. The number of hydrogen-bond acceptors (Lipinski definition) is 1. The van der Waals surface area contributed by atoms with E-state index < -0.39 is 0 Å². The van der Waals surface area contributed by atoms with Crippen molar-refractivity contribution >= 4 is 0 Å². The molecular formula is C26H14O. The molecule has 0 radical (unpaired) electrons. The third-order valence-corrected chi connectivity index (χ3v) is 5.79. The van der Waals surface area contributed by atoms with Gasteiger partial charge in [-0.05, 0) is 52.1 Å². The average Bonchev–Trinajstić information content (AvgIpc) is 2.72. The van der Waals surface area contributed by atoms with Crippen LogP contribution in [0.15, 0.2) is 48.5 Å². The molecule has 6 rings (SSSR count). The van der Waals surface area contributed by atoms with E-state index >= 15 is 0 Å². The predicted octanol–water partition coefficient (Wildman–Crippen LogP) is 4.32. The van der Waals surface area contributed by atoms with Gasteiger partial charge in [-0.15, -0.1) is 19.3 Å². The van der Waals surface area contributed by atoms with E-state index in [0.29, 0.717) is 0 Å². The summed E-state index contributed by atoms with van der Waals surface area (Å²) in [5, 5.41) is 10.8. The van der Waals surface area contributed by atoms with Crippen LogP contribution in [0.1, 0.15) is 61.9 Å². The summed E-state index contributed by atoms with van der Waals surface area (Å²) in [6.07, 6.45) is 17.5. The normalized spacial score (nSPS) is 17.7. The minimum atomic E-state index is -0.220. The third-order valence-electron chi connectivity index (χ3n) is 5.79. The Labute approximate surface area is 158 Å². The molecule has 3 aromatic carbocycles. The highest BCUT2D eigenvalue weighted by atomic mass is 16.3. The number of benzene rings is 3. The van der Waals surface area contributed by atoms with E-state index in [1.807, 2.05) is 30.3 Å². The summed E-state index contributed by atoms with van der Waals surface area (Å²) in [5.41, 5.74) is 8.68. The van der Waals surface area contributed by atoms with Crippen molar-refractivity contribution in [1.82, 2.24) is 0 Å². The molecule has 0 aliphatic heterocycles. The van der Waals surface area contributed by atoms with Gasteiger partial charge in [-0.25, -0.2) is 0 Å². The number of phenolic OH excluding ortho intramolecular Hbond substituents is 1. The van der Waals surface area contributed by atoms with Gasteiger partial charge in [-0.1, -0.05) is 42.0 Å². The summed E-state index contributed by atoms with van der Waals surface area (Å²) in [6.45, 7) is 0. The van der Waals surface area contributed by atoms with Gasteiger partial charge >= 0.3 is 0 Å². The zero-order valence-corrected chi connectivity index (χ0v) is 14.5. The standard InChI is InChI=1S/C26H14O/c1-4-15-9-7-11-18-21(15)26-22-16(5-2)10-8-12-19(22)24(18)23-17(6-3)13-14-20(27)25(23)26/h1-3,7-14,24,26-27H. The van der Waals surface area contributed by atoms with E-state index in [2.05, 4.69) is 29.9 Å². The molecule has 0 unspecified atom stereocenters. The summed E-state index contributed by atoms with van der Waals surface area (Å²) < 4.78 is 0. The lowest BCUT2D eigenvalue weighted by atomic mass is 9.58. The fourth-order valence-corrected chi connectivity index (χ4v) is 4.84. The maximum atomic E-state index is 10.8. The van der Waals surface area contributed by atoms with Crippen molar-refractivity contribution in [3.8, 4) is 42.8 Å². The molecule has 1 heteroatoms. The van der Waals surface area contributed by atoms with Crippen LogP contribution in [-0.4, -0.2) is 5.11 Å². The average molecular weight is 342 g/mol. The molecule has 0 saturated heterocycles. The van der Waals surface area contributed by atoms with Crippen LogP contribution in [0.2, 0.25) is 0 Å². The molecule has 0 atom stereocenters. The fraction of sp³-hybridized carbons (Fsp3) is 0.0769. The van der Waals surface area contributed by atoms with Gasteiger partial charge in [-0.2, -0.15) is 0 Å². The maximum Gasteiger partial charge on any atom is 0.120 e. The lowest BCUT2D eigenvalue weighted by Crippen LogP contribution is -2.30. The fourth-order valence-electron chi connectivity index (χ4n) is 4.84. The van der Waals surface area contributed by atoms with E-state index in [9.17, 15) is 5.11 Å². The predicted molar refractivity (Wildman–Crippen MR) is 107 cm³/mol. The van der Waals surface area contributed by atoms with Gasteiger partial charge in [0, 0.05) is 34.1 Å². The zero-order chi connectivity index (χ0) is 18.7. The van der Waals surface area contributed by atoms with Crippen LogP contribution in [0, 0.1) is 37.0 Å². The van der Waals surface area contributed by atoms with Crippen LogP contribution >= 0.6 is 0 Å². The van der Waals surface area contributed by atoms with E-state index in [-0.39, 0.29) is 17.6 Å². The van der Waals surface area contributed by atoms with Gasteiger partial charge < -0.3 is 5.11 Å². The van der Waals surface area contributed by atoms with Gasteiger partial charge in [0.2, 0.25) is 0 Å². The molecule has 1 nitrogen and oxygen atoms in total. The van der Waals surface area contributed by atoms with Crippen molar-refractivity contribution in [1.29, 1.82) is 0 Å². The molecule has 0 amide bonds. The molecule has 3 aliphatic carbocycles. The molecule has 0 spiro atoms. The highest BCUT2D eigenvalue weighted by molar-refractivity contribution is 5.76. The Morgan fingerprint density at radius 2 is 1.11 bits per heavy atom. The van der Waals surface area contributed by atoms with Gasteiger partial charge in [0.1, 0.15) is 5.75 Å². The van der Waals surface area contributed by atoms with Crippen LogP contribution in [0.5, 0.6) is 5.75 Å². The topological polar surface area (TPSA) is 20.2 Å². The smallest absolute Gasteiger partial charge is 0.120 e. The summed E-state index contributed by atoms with van der Waals surface area (Å²) in [4.78, 5) is 0. The van der Waals surface area contributed by atoms with Gasteiger partial charge in [0.25, 0.3) is 0 Å². The number of terminal acetylenes is 3. The molecule has 0 heterocycles. The molecule has 0 aromatic heterocycles. The van der Waals surface area contributed by atoms with E-state index in [1.165, 1.54) is 0 Å². The van der Waals surface area contributed by atoms with Crippen LogP contribution in [0.4, 0.5) is 0 Å². The Kier molecular flexibility index (Phi) is 3.03. The summed E-state index contributed by atoms with van der Waals surface area (Å²) in [7, 11) is 0. The van der Waals surface area contributed by atoms with Crippen molar-refractivity contribution in [3.63, 3.8) is 0 Å². The zero-order valence-electron chi connectivity index (χ0n) is 14.5. The molecule has 0 saturated carbocycles. The van der Waals surface area contributed by atoms with Crippen molar-refractivity contribution in [2.75, 3.05) is 0 Å². The summed E-state index contributed by atoms with van der Waals surface area (Å²) in [5.74, 6) is 8.34. The molecule has 3 aliphatic rings. The molecule has 3 aromatic rings. The first-order valence-electron chi connectivity index (χ1n) is 8.72. The molecule has 2 bridgehead atoms. The van der Waals surface area contributed by atoms with E-state index in [0.717, 1.165) is 50.1 Å². The van der Waals surface area contributed by atoms with Crippen LogP contribution in [0.3, 0.4) is 0 Å². The molecule has 0 fully saturated rings. The molecule has 124 valence electrons.